The molecule has 1 N–H and O–H groups in total. The molecule has 5 heteroatoms. The van der Waals surface area contributed by atoms with Crippen LogP contribution in [0.2, 0.25) is 0 Å². The molecule has 0 aliphatic carbocycles. The van der Waals surface area contributed by atoms with Crippen LogP contribution < -0.4 is 5.32 Å². The first kappa shape index (κ1) is 15.0. The molecule has 3 rings (SSSR count). The van der Waals surface area contributed by atoms with Crippen LogP contribution in [0, 0.1) is 5.82 Å². The van der Waals surface area contributed by atoms with Gasteiger partial charge in [0.1, 0.15) is 5.82 Å². The van der Waals surface area contributed by atoms with Crippen LogP contribution in [0.15, 0.2) is 65.4 Å². The van der Waals surface area contributed by atoms with Crippen LogP contribution in [0.5, 0.6) is 0 Å². The lowest BCUT2D eigenvalue weighted by Gasteiger charge is -2.05. The summed E-state index contributed by atoms with van der Waals surface area (Å²) >= 11 is 0. The zero-order valence-corrected chi connectivity index (χ0v) is 12.3. The Kier molecular flexibility index (Phi) is 4.47. The number of carbonyl (C=O) groups is 1. The third-order valence-electron chi connectivity index (χ3n) is 3.46. The average molecular weight is 310 g/mol. The third-order valence-corrected chi connectivity index (χ3v) is 3.46. The van der Waals surface area contributed by atoms with Gasteiger partial charge in [-0.2, -0.15) is 0 Å². The van der Waals surface area contributed by atoms with E-state index in [9.17, 15) is 9.18 Å². The van der Waals surface area contributed by atoms with Crippen molar-refractivity contribution in [1.82, 2.24) is 10.3 Å². The Morgan fingerprint density at radius 3 is 2.61 bits per heavy atom. The lowest BCUT2D eigenvalue weighted by Crippen LogP contribution is -2.26. The number of amides is 1. The molecule has 1 aromatic heterocycles. The Labute approximate surface area is 133 Å². The number of carbonyl (C=O) groups excluding carboxylic acids is 1. The number of hydrogen-bond donors (Lipinski definition) is 1. The van der Waals surface area contributed by atoms with Gasteiger partial charge in [-0.15, -0.1) is 0 Å². The van der Waals surface area contributed by atoms with Gasteiger partial charge in [0.2, 0.25) is 0 Å². The maximum absolute atomic E-state index is 13.5. The molecular weight excluding hydrogens is 295 g/mol. The Bertz CT molecular complexity index is 800. The van der Waals surface area contributed by atoms with Crippen molar-refractivity contribution in [3.63, 3.8) is 0 Å². The highest BCUT2D eigenvalue weighted by Crippen LogP contribution is 2.22. The van der Waals surface area contributed by atoms with Crippen molar-refractivity contribution in [3.05, 3.63) is 78.1 Å². The van der Waals surface area contributed by atoms with Gasteiger partial charge in [-0.05, 0) is 18.1 Å². The first-order chi connectivity index (χ1) is 11.3. The van der Waals surface area contributed by atoms with Crippen molar-refractivity contribution in [2.45, 2.75) is 6.42 Å². The maximum Gasteiger partial charge on any atom is 0.273 e. The standard InChI is InChI=1S/C18H15FN2O2/c19-15-9-5-4-6-13(15)10-11-20-18(22)16-17(23-12-21-16)14-7-2-1-3-8-14/h1-9,12H,10-11H2,(H,20,22). The number of benzene rings is 2. The molecule has 1 amide bonds. The minimum atomic E-state index is -0.339. The van der Waals surface area contributed by atoms with Gasteiger partial charge in [-0.1, -0.05) is 48.5 Å². The number of halogens is 1. The van der Waals surface area contributed by atoms with Gasteiger partial charge in [-0.25, -0.2) is 9.37 Å². The fourth-order valence-electron chi connectivity index (χ4n) is 2.30. The summed E-state index contributed by atoms with van der Waals surface area (Å²) in [4.78, 5) is 16.2. The lowest BCUT2D eigenvalue weighted by atomic mass is 10.1. The highest BCUT2D eigenvalue weighted by molar-refractivity contribution is 5.97. The van der Waals surface area contributed by atoms with Crippen molar-refractivity contribution in [2.75, 3.05) is 6.54 Å². The molecule has 0 saturated carbocycles. The summed E-state index contributed by atoms with van der Waals surface area (Å²) in [6, 6.07) is 15.8. The molecule has 0 fully saturated rings. The maximum atomic E-state index is 13.5. The summed E-state index contributed by atoms with van der Waals surface area (Å²) in [5.41, 5.74) is 1.57. The van der Waals surface area contributed by atoms with Crippen molar-refractivity contribution in [3.8, 4) is 11.3 Å². The van der Waals surface area contributed by atoms with Crippen LogP contribution in [0.3, 0.4) is 0 Å². The topological polar surface area (TPSA) is 55.1 Å². The minimum Gasteiger partial charge on any atom is -0.443 e. The normalized spacial score (nSPS) is 10.5. The molecule has 0 spiro atoms. The summed E-state index contributed by atoms with van der Waals surface area (Å²) in [5.74, 6) is -0.184. The first-order valence-electron chi connectivity index (χ1n) is 7.26. The van der Waals surface area contributed by atoms with E-state index in [4.69, 9.17) is 4.42 Å². The van der Waals surface area contributed by atoms with Gasteiger partial charge >= 0.3 is 0 Å². The van der Waals surface area contributed by atoms with Gasteiger partial charge in [0.25, 0.3) is 5.91 Å². The van der Waals surface area contributed by atoms with Gasteiger partial charge in [0.15, 0.2) is 17.8 Å². The molecule has 0 unspecified atom stereocenters. The number of hydrogen-bond acceptors (Lipinski definition) is 3. The average Bonchev–Trinajstić information content (AvgIpc) is 3.07. The Hall–Kier alpha value is -2.95. The second-order valence-corrected chi connectivity index (χ2v) is 4.99. The number of nitrogens with zero attached hydrogens (tertiary/aromatic N) is 1. The van der Waals surface area contributed by atoms with E-state index in [-0.39, 0.29) is 17.4 Å². The third kappa shape index (κ3) is 3.45. The van der Waals surface area contributed by atoms with Crippen LogP contribution in [0.1, 0.15) is 16.1 Å². The van der Waals surface area contributed by atoms with Gasteiger partial charge < -0.3 is 9.73 Å². The van der Waals surface area contributed by atoms with Crippen LogP contribution in [0.4, 0.5) is 4.39 Å². The monoisotopic (exact) mass is 310 g/mol. The largest absolute Gasteiger partial charge is 0.443 e. The molecule has 3 aromatic rings. The van der Waals surface area contributed by atoms with Gasteiger partial charge in [-0.3, -0.25) is 4.79 Å². The number of rotatable bonds is 5. The van der Waals surface area contributed by atoms with Crippen LogP contribution >= 0.6 is 0 Å². The molecule has 0 aliphatic heterocycles. The highest BCUT2D eigenvalue weighted by atomic mass is 19.1. The minimum absolute atomic E-state index is 0.227. The smallest absolute Gasteiger partial charge is 0.273 e. The summed E-state index contributed by atoms with van der Waals surface area (Å²) in [7, 11) is 0. The SMILES string of the molecule is O=C(NCCc1ccccc1F)c1ncoc1-c1ccccc1. The van der Waals surface area contributed by atoms with Crippen LogP contribution in [-0.4, -0.2) is 17.4 Å². The molecule has 0 radical (unpaired) electrons. The summed E-state index contributed by atoms with van der Waals surface area (Å²) in [6.45, 7) is 0.320. The van der Waals surface area contributed by atoms with E-state index in [0.717, 1.165) is 5.56 Å². The second-order valence-electron chi connectivity index (χ2n) is 4.99. The predicted molar refractivity (Wildman–Crippen MR) is 84.4 cm³/mol. The van der Waals surface area contributed by atoms with Crippen LogP contribution in [0.25, 0.3) is 11.3 Å². The molecular formula is C18H15FN2O2. The number of aromatic nitrogens is 1. The Morgan fingerprint density at radius 2 is 1.83 bits per heavy atom. The van der Waals surface area contributed by atoms with E-state index < -0.39 is 0 Å². The molecule has 23 heavy (non-hydrogen) atoms. The summed E-state index contributed by atoms with van der Waals surface area (Å²) in [6.07, 6.45) is 1.66. The molecule has 116 valence electrons. The van der Waals surface area contributed by atoms with Crippen molar-refractivity contribution in [2.24, 2.45) is 0 Å². The fraction of sp³-hybridized carbons (Fsp3) is 0.111. The molecule has 0 aliphatic rings. The highest BCUT2D eigenvalue weighted by Gasteiger charge is 2.17. The molecule has 2 aromatic carbocycles. The molecule has 4 nitrogen and oxygen atoms in total. The Balaban J connectivity index is 1.66. The molecule has 1 heterocycles. The zero-order chi connectivity index (χ0) is 16.1. The predicted octanol–water partition coefficient (Wildman–Crippen LogP) is 3.45. The number of nitrogens with one attached hydrogen (secondary N) is 1. The molecule has 0 atom stereocenters. The van der Waals surface area contributed by atoms with E-state index in [1.807, 2.05) is 30.3 Å². The van der Waals surface area contributed by atoms with E-state index in [1.165, 1.54) is 12.5 Å². The van der Waals surface area contributed by atoms with Crippen molar-refractivity contribution >= 4 is 5.91 Å². The Morgan fingerprint density at radius 1 is 1.09 bits per heavy atom. The van der Waals surface area contributed by atoms with Crippen molar-refractivity contribution < 1.29 is 13.6 Å². The van der Waals surface area contributed by atoms with Crippen LogP contribution in [-0.2, 0) is 6.42 Å². The van der Waals surface area contributed by atoms with E-state index >= 15 is 0 Å². The second kappa shape index (κ2) is 6.87. The van der Waals surface area contributed by atoms with Gasteiger partial charge in [0.05, 0.1) is 0 Å². The zero-order valence-electron chi connectivity index (χ0n) is 12.3. The molecule has 0 bridgehead atoms. The van der Waals surface area contributed by atoms with E-state index in [1.54, 1.807) is 18.2 Å². The summed E-state index contributed by atoms with van der Waals surface area (Å²) < 4.78 is 18.9. The fourth-order valence-corrected chi connectivity index (χ4v) is 2.30. The quantitative estimate of drug-likeness (QED) is 0.785. The van der Waals surface area contributed by atoms with E-state index in [0.29, 0.717) is 24.3 Å². The van der Waals surface area contributed by atoms with Gasteiger partial charge in [0, 0.05) is 12.1 Å². The lowest BCUT2D eigenvalue weighted by molar-refractivity contribution is 0.0950. The van der Waals surface area contributed by atoms with E-state index in [2.05, 4.69) is 10.3 Å². The number of oxazole rings is 1. The molecule has 0 saturated heterocycles. The first-order valence-corrected chi connectivity index (χ1v) is 7.26. The van der Waals surface area contributed by atoms with Crippen molar-refractivity contribution in [1.29, 1.82) is 0 Å². The summed E-state index contributed by atoms with van der Waals surface area (Å²) in [5, 5.41) is 2.74.